The van der Waals surface area contributed by atoms with E-state index in [1.165, 1.54) is 0 Å². The third-order valence-corrected chi connectivity index (χ3v) is 3.33. The Morgan fingerprint density at radius 1 is 1.29 bits per heavy atom. The van der Waals surface area contributed by atoms with Crippen LogP contribution in [0.4, 0.5) is 0 Å². The first kappa shape index (κ1) is 13.9. The summed E-state index contributed by atoms with van der Waals surface area (Å²) in [5, 5.41) is 17.4. The molecule has 112 valence electrons. The molecule has 3 rings (SSSR count). The van der Waals surface area contributed by atoms with Crippen molar-refractivity contribution in [1.82, 2.24) is 15.0 Å². The molecule has 0 saturated carbocycles. The molecule has 1 aromatic carbocycles. The monoisotopic (exact) mass is 289 g/mol. The summed E-state index contributed by atoms with van der Waals surface area (Å²) in [4.78, 5) is 0. The molecular formula is C15H19N3O3. The molecule has 1 aliphatic heterocycles. The Morgan fingerprint density at radius 2 is 2.05 bits per heavy atom. The minimum absolute atomic E-state index is 0.586. The van der Waals surface area contributed by atoms with E-state index in [2.05, 4.69) is 10.3 Å². The molecule has 1 aromatic heterocycles. The Kier molecular flexibility index (Phi) is 3.33. The van der Waals surface area contributed by atoms with E-state index >= 15 is 0 Å². The fourth-order valence-corrected chi connectivity index (χ4v) is 2.28. The van der Waals surface area contributed by atoms with Crippen LogP contribution in [0.5, 0.6) is 11.5 Å². The van der Waals surface area contributed by atoms with E-state index in [0.29, 0.717) is 12.2 Å². The van der Waals surface area contributed by atoms with Gasteiger partial charge in [-0.3, -0.25) is 4.68 Å². The zero-order valence-electron chi connectivity index (χ0n) is 12.4. The number of aliphatic hydroxyl groups excluding tert-OH is 1. The number of hydrogen-bond donors (Lipinski definition) is 1. The van der Waals surface area contributed by atoms with Crippen molar-refractivity contribution in [3.63, 3.8) is 0 Å². The predicted octanol–water partition coefficient (Wildman–Crippen LogP) is 2.08. The number of benzene rings is 1. The summed E-state index contributed by atoms with van der Waals surface area (Å²) in [6.07, 6.45) is 1.98. The van der Waals surface area contributed by atoms with Crippen molar-refractivity contribution in [2.24, 2.45) is 0 Å². The van der Waals surface area contributed by atoms with E-state index in [-0.39, 0.29) is 0 Å². The minimum Gasteiger partial charge on any atom is -0.449 e. The van der Waals surface area contributed by atoms with Gasteiger partial charge in [0.2, 0.25) is 5.79 Å². The molecule has 21 heavy (non-hydrogen) atoms. The van der Waals surface area contributed by atoms with Gasteiger partial charge < -0.3 is 14.6 Å². The molecule has 0 fully saturated rings. The number of aromatic nitrogens is 3. The molecule has 6 nitrogen and oxygen atoms in total. The van der Waals surface area contributed by atoms with Gasteiger partial charge in [0, 0.05) is 20.4 Å². The van der Waals surface area contributed by atoms with Crippen LogP contribution in [0.3, 0.4) is 0 Å². The van der Waals surface area contributed by atoms with Gasteiger partial charge in [-0.05, 0) is 31.0 Å². The van der Waals surface area contributed by atoms with Crippen LogP contribution in [0, 0.1) is 0 Å². The van der Waals surface area contributed by atoms with Crippen molar-refractivity contribution in [3.05, 3.63) is 35.7 Å². The molecule has 1 aliphatic rings. The van der Waals surface area contributed by atoms with Crippen molar-refractivity contribution in [2.45, 2.75) is 45.6 Å². The zero-order chi connectivity index (χ0) is 15.0. The third-order valence-electron chi connectivity index (χ3n) is 3.33. The van der Waals surface area contributed by atoms with Crippen molar-refractivity contribution >= 4 is 0 Å². The quantitative estimate of drug-likeness (QED) is 0.933. The Morgan fingerprint density at radius 3 is 2.76 bits per heavy atom. The zero-order valence-corrected chi connectivity index (χ0v) is 12.4. The molecule has 2 heterocycles. The molecule has 0 saturated heterocycles. The van der Waals surface area contributed by atoms with Crippen LogP contribution in [0.1, 0.15) is 38.1 Å². The normalized spacial score (nSPS) is 17.0. The van der Waals surface area contributed by atoms with E-state index < -0.39 is 11.9 Å². The maximum atomic E-state index is 9.43. The van der Waals surface area contributed by atoms with E-state index in [0.717, 1.165) is 23.5 Å². The van der Waals surface area contributed by atoms with Crippen LogP contribution in [-0.2, 0) is 13.0 Å². The van der Waals surface area contributed by atoms with E-state index in [4.69, 9.17) is 9.47 Å². The summed E-state index contributed by atoms with van der Waals surface area (Å²) in [5.41, 5.74) is 1.73. The van der Waals surface area contributed by atoms with Gasteiger partial charge in [-0.2, -0.15) is 0 Å². The largest absolute Gasteiger partial charge is 0.449 e. The van der Waals surface area contributed by atoms with Gasteiger partial charge >= 0.3 is 0 Å². The highest BCUT2D eigenvalue weighted by Crippen LogP contribution is 2.39. The van der Waals surface area contributed by atoms with Gasteiger partial charge in [-0.15, -0.1) is 5.10 Å². The second-order valence-corrected chi connectivity index (χ2v) is 5.72. The van der Waals surface area contributed by atoms with Crippen molar-refractivity contribution in [2.75, 3.05) is 0 Å². The van der Waals surface area contributed by atoms with Crippen LogP contribution in [0.15, 0.2) is 24.4 Å². The second-order valence-electron chi connectivity index (χ2n) is 5.72. The summed E-state index contributed by atoms with van der Waals surface area (Å²) < 4.78 is 13.1. The molecule has 0 bridgehead atoms. The molecule has 1 N–H and O–H groups in total. The van der Waals surface area contributed by atoms with E-state index in [1.807, 2.05) is 32.0 Å². The molecule has 6 heteroatoms. The standard InChI is InChI=1S/C15H19N3O3/c1-10(19)12-9-18(17-16-12)7-6-11-4-5-13-14(8-11)21-15(2,3)20-13/h4-5,8-10,19H,6-7H2,1-3H3. The van der Waals surface area contributed by atoms with Crippen LogP contribution in [-0.4, -0.2) is 25.9 Å². The first-order valence-corrected chi connectivity index (χ1v) is 7.02. The number of aryl methyl sites for hydroxylation is 2. The SMILES string of the molecule is CC(O)c1cn(CCc2ccc3c(c2)OC(C)(C)O3)nn1. The van der Waals surface area contributed by atoms with Crippen LogP contribution in [0.2, 0.25) is 0 Å². The lowest BCUT2D eigenvalue weighted by Crippen LogP contribution is -2.29. The lowest BCUT2D eigenvalue weighted by Gasteiger charge is -2.16. The molecule has 1 atom stereocenters. The maximum absolute atomic E-state index is 9.43. The molecule has 0 radical (unpaired) electrons. The number of hydrogen-bond acceptors (Lipinski definition) is 5. The van der Waals surface area contributed by atoms with Crippen LogP contribution < -0.4 is 9.47 Å². The smallest absolute Gasteiger partial charge is 0.246 e. The Labute approximate surface area is 123 Å². The number of aliphatic hydroxyl groups is 1. The second kappa shape index (κ2) is 5.04. The lowest BCUT2D eigenvalue weighted by molar-refractivity contribution is -0.0431. The molecular weight excluding hydrogens is 270 g/mol. The molecule has 0 spiro atoms. The summed E-state index contributed by atoms with van der Waals surface area (Å²) in [7, 11) is 0. The fraction of sp³-hybridized carbons (Fsp3) is 0.467. The van der Waals surface area contributed by atoms with Crippen molar-refractivity contribution < 1.29 is 14.6 Å². The Bertz CT molecular complexity index is 649. The van der Waals surface area contributed by atoms with E-state index in [9.17, 15) is 5.11 Å². The van der Waals surface area contributed by atoms with Crippen LogP contribution in [0.25, 0.3) is 0 Å². The summed E-state index contributed by atoms with van der Waals surface area (Å²) in [5.74, 6) is 0.959. The van der Waals surface area contributed by atoms with Gasteiger partial charge in [-0.25, -0.2) is 0 Å². The highest BCUT2D eigenvalue weighted by atomic mass is 16.7. The Balaban J connectivity index is 1.66. The van der Waals surface area contributed by atoms with Gasteiger partial charge in [0.1, 0.15) is 5.69 Å². The summed E-state index contributed by atoms with van der Waals surface area (Å²) in [6.45, 7) is 6.15. The topological polar surface area (TPSA) is 69.4 Å². The number of fused-ring (bicyclic) bond motifs is 1. The fourth-order valence-electron chi connectivity index (χ4n) is 2.28. The maximum Gasteiger partial charge on any atom is 0.246 e. The minimum atomic E-state index is -0.598. The molecule has 0 aliphatic carbocycles. The Hall–Kier alpha value is -2.08. The average molecular weight is 289 g/mol. The van der Waals surface area contributed by atoms with E-state index in [1.54, 1.807) is 17.8 Å². The number of rotatable bonds is 4. The van der Waals surface area contributed by atoms with Gasteiger partial charge in [0.15, 0.2) is 11.5 Å². The van der Waals surface area contributed by atoms with Gasteiger partial charge in [0.25, 0.3) is 0 Å². The molecule has 1 unspecified atom stereocenters. The van der Waals surface area contributed by atoms with Crippen LogP contribution >= 0.6 is 0 Å². The molecule has 2 aromatic rings. The lowest BCUT2D eigenvalue weighted by atomic mass is 10.1. The van der Waals surface area contributed by atoms with Crippen molar-refractivity contribution in [1.29, 1.82) is 0 Å². The van der Waals surface area contributed by atoms with Crippen molar-refractivity contribution in [3.8, 4) is 11.5 Å². The predicted molar refractivity (Wildman–Crippen MR) is 76.1 cm³/mol. The third kappa shape index (κ3) is 3.00. The summed E-state index contributed by atoms with van der Waals surface area (Å²) >= 11 is 0. The van der Waals surface area contributed by atoms with Gasteiger partial charge in [0.05, 0.1) is 12.3 Å². The first-order valence-electron chi connectivity index (χ1n) is 7.02. The number of nitrogens with zero attached hydrogens (tertiary/aromatic N) is 3. The first-order chi connectivity index (χ1) is 9.93. The number of ether oxygens (including phenoxy) is 2. The van der Waals surface area contributed by atoms with Gasteiger partial charge in [-0.1, -0.05) is 11.3 Å². The highest BCUT2D eigenvalue weighted by Gasteiger charge is 2.31. The highest BCUT2D eigenvalue weighted by molar-refractivity contribution is 5.45. The average Bonchev–Trinajstić information content (AvgIpc) is 2.98. The summed E-state index contributed by atoms with van der Waals surface area (Å²) in [6, 6.07) is 5.95. The molecule has 0 amide bonds.